The van der Waals surface area contributed by atoms with Gasteiger partial charge in [0.25, 0.3) is 0 Å². The average Bonchev–Trinajstić information content (AvgIpc) is 2.95. The Balaban J connectivity index is 1.60. The minimum atomic E-state index is 0.0695. The lowest BCUT2D eigenvalue weighted by atomic mass is 9.84. The Hall–Kier alpha value is -1.16. The summed E-state index contributed by atoms with van der Waals surface area (Å²) in [6.45, 7) is 0. The molecule has 1 aromatic rings. The van der Waals surface area contributed by atoms with Gasteiger partial charge in [0, 0.05) is 19.3 Å². The third kappa shape index (κ3) is 2.34. The lowest BCUT2D eigenvalue weighted by molar-refractivity contribution is -0.120. The Morgan fingerprint density at radius 1 is 1.50 bits per heavy atom. The van der Waals surface area contributed by atoms with Gasteiger partial charge in [0.2, 0.25) is 0 Å². The molecule has 3 unspecified atom stereocenters. The number of aryl methyl sites for hydroxylation is 1. The molecule has 2 fully saturated rings. The molecular formula is C14H21N3O. The van der Waals surface area contributed by atoms with Gasteiger partial charge in [0.15, 0.2) is 5.78 Å². The first-order valence-electron chi connectivity index (χ1n) is 6.99. The Morgan fingerprint density at radius 3 is 3.06 bits per heavy atom. The van der Waals surface area contributed by atoms with Crippen LogP contribution in [0.2, 0.25) is 0 Å². The van der Waals surface area contributed by atoms with E-state index >= 15 is 0 Å². The van der Waals surface area contributed by atoms with E-state index in [1.807, 2.05) is 19.3 Å². The molecular weight excluding hydrogens is 226 g/mol. The number of hydrogen-bond acceptors (Lipinski definition) is 3. The van der Waals surface area contributed by atoms with E-state index in [1.54, 1.807) is 4.68 Å². The van der Waals surface area contributed by atoms with Crippen LogP contribution in [-0.2, 0) is 18.3 Å². The van der Waals surface area contributed by atoms with E-state index in [-0.39, 0.29) is 6.04 Å². The molecule has 4 heteroatoms. The number of carbonyl (C=O) groups excluding carboxylic acids is 1. The largest absolute Gasteiger partial charge is 0.304 e. The summed E-state index contributed by atoms with van der Waals surface area (Å²) < 4.78 is 1.75. The molecule has 2 aliphatic rings. The smallest absolute Gasteiger partial charge is 0.155 e. The maximum Gasteiger partial charge on any atom is 0.155 e. The Kier molecular flexibility index (Phi) is 3.20. The molecule has 1 saturated carbocycles. The molecule has 4 nitrogen and oxygen atoms in total. The molecule has 0 aromatic carbocycles. The van der Waals surface area contributed by atoms with Crippen molar-refractivity contribution in [3.63, 3.8) is 0 Å². The van der Waals surface area contributed by atoms with Crippen molar-refractivity contribution in [3.05, 3.63) is 18.0 Å². The van der Waals surface area contributed by atoms with Crippen LogP contribution in [0, 0.1) is 5.92 Å². The maximum atomic E-state index is 12.3. The summed E-state index contributed by atoms with van der Waals surface area (Å²) in [6.07, 6.45) is 8.60. The molecule has 3 atom stereocenters. The van der Waals surface area contributed by atoms with E-state index in [1.165, 1.54) is 25.7 Å². The van der Waals surface area contributed by atoms with Crippen molar-refractivity contribution >= 4 is 5.78 Å². The first-order valence-corrected chi connectivity index (χ1v) is 6.99. The first kappa shape index (κ1) is 11.9. The molecule has 2 heterocycles. The maximum absolute atomic E-state index is 12.3. The van der Waals surface area contributed by atoms with Crippen molar-refractivity contribution in [3.8, 4) is 0 Å². The highest BCUT2D eigenvalue weighted by molar-refractivity contribution is 5.86. The first-order chi connectivity index (χ1) is 8.72. The Bertz CT molecular complexity index is 426. The molecule has 1 saturated heterocycles. The van der Waals surface area contributed by atoms with Gasteiger partial charge in [0.1, 0.15) is 0 Å². The van der Waals surface area contributed by atoms with Crippen LogP contribution in [0.1, 0.15) is 37.8 Å². The fraction of sp³-hybridized carbons (Fsp3) is 0.714. The summed E-state index contributed by atoms with van der Waals surface area (Å²) in [7, 11) is 1.89. The van der Waals surface area contributed by atoms with Crippen molar-refractivity contribution in [1.82, 2.24) is 15.1 Å². The SMILES string of the molecule is Cn1ccc(CC(=O)C2CC3CCCCC3N2)n1. The van der Waals surface area contributed by atoms with E-state index in [9.17, 15) is 4.79 Å². The number of carbonyl (C=O) groups is 1. The quantitative estimate of drug-likeness (QED) is 0.879. The summed E-state index contributed by atoms with van der Waals surface area (Å²) in [4.78, 5) is 12.3. The number of nitrogens with zero attached hydrogens (tertiary/aromatic N) is 2. The van der Waals surface area contributed by atoms with Gasteiger partial charge in [-0.3, -0.25) is 9.48 Å². The zero-order valence-electron chi connectivity index (χ0n) is 10.9. The molecule has 1 aliphatic heterocycles. The van der Waals surface area contributed by atoms with Crippen LogP contribution in [-0.4, -0.2) is 27.6 Å². The molecule has 3 rings (SSSR count). The monoisotopic (exact) mass is 247 g/mol. The summed E-state index contributed by atoms with van der Waals surface area (Å²) in [6, 6.07) is 2.59. The van der Waals surface area contributed by atoms with E-state index in [4.69, 9.17) is 0 Å². The van der Waals surface area contributed by atoms with Crippen molar-refractivity contribution in [2.24, 2.45) is 13.0 Å². The van der Waals surface area contributed by atoms with Crippen LogP contribution < -0.4 is 5.32 Å². The van der Waals surface area contributed by atoms with Gasteiger partial charge in [-0.25, -0.2) is 0 Å². The highest BCUT2D eigenvalue weighted by Gasteiger charge is 2.37. The number of hydrogen-bond donors (Lipinski definition) is 1. The lowest BCUT2D eigenvalue weighted by Crippen LogP contribution is -2.37. The molecule has 0 amide bonds. The van der Waals surface area contributed by atoms with Crippen molar-refractivity contribution in [2.75, 3.05) is 0 Å². The summed E-state index contributed by atoms with van der Waals surface area (Å²) >= 11 is 0. The number of fused-ring (bicyclic) bond motifs is 1. The highest BCUT2D eigenvalue weighted by atomic mass is 16.1. The summed E-state index contributed by atoms with van der Waals surface area (Å²) in [5.74, 6) is 1.04. The normalized spacial score (nSPS) is 31.3. The Morgan fingerprint density at radius 2 is 2.33 bits per heavy atom. The summed E-state index contributed by atoms with van der Waals surface area (Å²) in [5, 5.41) is 7.82. The minimum absolute atomic E-state index is 0.0695. The van der Waals surface area contributed by atoms with Gasteiger partial charge in [0.05, 0.1) is 18.2 Å². The molecule has 0 radical (unpaired) electrons. The van der Waals surface area contributed by atoms with E-state index < -0.39 is 0 Å². The van der Waals surface area contributed by atoms with Crippen LogP contribution in [0.25, 0.3) is 0 Å². The lowest BCUT2D eigenvalue weighted by Gasteiger charge is -2.24. The Labute approximate surface area is 108 Å². The van der Waals surface area contributed by atoms with Crippen molar-refractivity contribution in [1.29, 1.82) is 0 Å². The third-order valence-corrected chi connectivity index (χ3v) is 4.38. The molecule has 1 aromatic heterocycles. The topological polar surface area (TPSA) is 46.9 Å². The van der Waals surface area contributed by atoms with Gasteiger partial charge < -0.3 is 5.32 Å². The highest BCUT2D eigenvalue weighted by Crippen LogP contribution is 2.33. The van der Waals surface area contributed by atoms with Gasteiger partial charge in [-0.2, -0.15) is 5.10 Å². The second kappa shape index (κ2) is 4.84. The van der Waals surface area contributed by atoms with Gasteiger partial charge >= 0.3 is 0 Å². The van der Waals surface area contributed by atoms with Crippen LogP contribution in [0.5, 0.6) is 0 Å². The number of aromatic nitrogens is 2. The van der Waals surface area contributed by atoms with Crippen molar-refractivity contribution < 1.29 is 4.79 Å². The van der Waals surface area contributed by atoms with Crippen molar-refractivity contribution in [2.45, 2.75) is 50.6 Å². The van der Waals surface area contributed by atoms with Gasteiger partial charge in [-0.05, 0) is 31.2 Å². The molecule has 98 valence electrons. The van der Waals surface area contributed by atoms with E-state index in [0.717, 1.165) is 18.0 Å². The van der Waals surface area contributed by atoms with E-state index in [0.29, 0.717) is 18.2 Å². The number of rotatable bonds is 3. The molecule has 0 spiro atoms. The number of nitrogens with one attached hydrogen (secondary N) is 1. The number of Topliss-reactive ketones (excluding diaryl/α,β-unsaturated/α-hetero) is 1. The molecule has 1 N–H and O–H groups in total. The third-order valence-electron chi connectivity index (χ3n) is 4.38. The standard InChI is InChI=1S/C14H21N3O/c1-17-7-6-11(16-17)9-14(18)13-8-10-4-2-3-5-12(10)15-13/h6-7,10,12-13,15H,2-5,8-9H2,1H3. The predicted molar refractivity (Wildman–Crippen MR) is 69.2 cm³/mol. The molecule has 18 heavy (non-hydrogen) atoms. The number of ketones is 1. The fourth-order valence-electron chi connectivity index (χ4n) is 3.42. The fourth-order valence-corrected chi connectivity index (χ4v) is 3.42. The van der Waals surface area contributed by atoms with Crippen LogP contribution in [0.4, 0.5) is 0 Å². The average molecular weight is 247 g/mol. The van der Waals surface area contributed by atoms with Gasteiger partial charge in [-0.1, -0.05) is 12.8 Å². The van der Waals surface area contributed by atoms with Gasteiger partial charge in [-0.15, -0.1) is 0 Å². The predicted octanol–water partition coefficient (Wildman–Crippen LogP) is 1.45. The molecule has 0 bridgehead atoms. The van der Waals surface area contributed by atoms with E-state index in [2.05, 4.69) is 10.4 Å². The minimum Gasteiger partial charge on any atom is -0.304 e. The second-order valence-electron chi connectivity index (χ2n) is 5.73. The zero-order valence-corrected chi connectivity index (χ0v) is 10.9. The van der Waals surface area contributed by atoms with Crippen LogP contribution in [0.3, 0.4) is 0 Å². The van der Waals surface area contributed by atoms with Crippen LogP contribution >= 0.6 is 0 Å². The molecule has 1 aliphatic carbocycles. The second-order valence-corrected chi connectivity index (χ2v) is 5.73. The van der Waals surface area contributed by atoms with Crippen LogP contribution in [0.15, 0.2) is 12.3 Å². The summed E-state index contributed by atoms with van der Waals surface area (Å²) in [5.41, 5.74) is 0.888. The zero-order chi connectivity index (χ0) is 12.5.